The molecule has 1 N–H and O–H groups in total. The van der Waals surface area contributed by atoms with E-state index in [0.717, 1.165) is 0 Å². The number of benzene rings is 1. The minimum atomic E-state index is -0.421. The van der Waals surface area contributed by atoms with E-state index in [9.17, 15) is 4.39 Å². The molecule has 0 amide bonds. The van der Waals surface area contributed by atoms with Crippen molar-refractivity contribution in [3.63, 3.8) is 0 Å². The molecule has 0 fully saturated rings. The van der Waals surface area contributed by atoms with Gasteiger partial charge < -0.3 is 14.8 Å². The van der Waals surface area contributed by atoms with Crippen LogP contribution in [-0.2, 0) is 6.54 Å². The van der Waals surface area contributed by atoms with Gasteiger partial charge in [0.15, 0.2) is 0 Å². The van der Waals surface area contributed by atoms with E-state index in [0.29, 0.717) is 34.0 Å². The molecule has 1 aromatic carbocycles. The summed E-state index contributed by atoms with van der Waals surface area (Å²) in [7, 11) is 3.01. The van der Waals surface area contributed by atoms with E-state index >= 15 is 0 Å². The van der Waals surface area contributed by atoms with Crippen LogP contribution < -0.4 is 14.8 Å². The SMILES string of the molecule is COc1ncnc(OC)c1CNc1c(Cl)cc(F)cc1Br. The van der Waals surface area contributed by atoms with Crippen LogP contribution in [0.4, 0.5) is 10.1 Å². The van der Waals surface area contributed by atoms with E-state index < -0.39 is 5.82 Å². The topological polar surface area (TPSA) is 56.3 Å². The second-order valence-electron chi connectivity index (χ2n) is 3.97. The molecule has 0 aliphatic carbocycles. The summed E-state index contributed by atoms with van der Waals surface area (Å²) in [6, 6.07) is 2.55. The van der Waals surface area contributed by atoms with Crippen LogP contribution in [0.25, 0.3) is 0 Å². The number of halogens is 3. The first-order chi connectivity index (χ1) is 10.1. The summed E-state index contributed by atoms with van der Waals surface area (Å²) in [5.41, 5.74) is 1.20. The summed E-state index contributed by atoms with van der Waals surface area (Å²) in [6.07, 6.45) is 1.35. The lowest BCUT2D eigenvalue weighted by molar-refractivity contribution is 0.363. The molecule has 8 heteroatoms. The molecule has 2 rings (SSSR count). The molecular formula is C13H12BrClFN3O2. The number of methoxy groups -OCH3 is 2. The van der Waals surface area contributed by atoms with Gasteiger partial charge in [0.1, 0.15) is 12.1 Å². The Morgan fingerprint density at radius 3 is 2.38 bits per heavy atom. The Morgan fingerprint density at radius 2 is 1.86 bits per heavy atom. The number of hydrogen-bond donors (Lipinski definition) is 1. The minimum absolute atomic E-state index is 0.261. The van der Waals surface area contributed by atoms with E-state index in [1.54, 1.807) is 0 Å². The predicted molar refractivity (Wildman–Crippen MR) is 81.6 cm³/mol. The summed E-state index contributed by atoms with van der Waals surface area (Å²) in [5, 5.41) is 3.35. The van der Waals surface area contributed by atoms with Crippen LogP contribution >= 0.6 is 27.5 Å². The lowest BCUT2D eigenvalue weighted by Gasteiger charge is -2.14. The molecule has 0 bridgehead atoms. The third-order valence-electron chi connectivity index (χ3n) is 2.70. The zero-order valence-electron chi connectivity index (χ0n) is 11.3. The molecule has 2 aromatic rings. The zero-order chi connectivity index (χ0) is 15.4. The van der Waals surface area contributed by atoms with Gasteiger partial charge in [-0.2, -0.15) is 0 Å². The van der Waals surface area contributed by atoms with Crippen molar-refractivity contribution < 1.29 is 13.9 Å². The van der Waals surface area contributed by atoms with Gasteiger partial charge in [-0.05, 0) is 28.1 Å². The fourth-order valence-corrected chi connectivity index (χ4v) is 2.73. The summed E-state index contributed by atoms with van der Waals surface area (Å²) in [6.45, 7) is 0.303. The number of nitrogens with one attached hydrogen (secondary N) is 1. The van der Waals surface area contributed by atoms with Crippen molar-refractivity contribution >= 4 is 33.2 Å². The van der Waals surface area contributed by atoms with Crippen molar-refractivity contribution in [3.8, 4) is 11.8 Å². The second-order valence-corrected chi connectivity index (χ2v) is 5.23. The molecule has 21 heavy (non-hydrogen) atoms. The maximum atomic E-state index is 13.2. The minimum Gasteiger partial charge on any atom is -0.481 e. The Balaban J connectivity index is 2.28. The van der Waals surface area contributed by atoms with Crippen LogP contribution in [0.2, 0.25) is 5.02 Å². The van der Waals surface area contributed by atoms with E-state index in [1.165, 1.54) is 32.7 Å². The highest BCUT2D eigenvalue weighted by molar-refractivity contribution is 9.10. The van der Waals surface area contributed by atoms with Gasteiger partial charge in [-0.1, -0.05) is 11.6 Å². The van der Waals surface area contributed by atoms with E-state index in [4.69, 9.17) is 21.1 Å². The van der Waals surface area contributed by atoms with Crippen molar-refractivity contribution in [2.24, 2.45) is 0 Å². The van der Waals surface area contributed by atoms with Gasteiger partial charge in [0.2, 0.25) is 11.8 Å². The number of aromatic nitrogens is 2. The van der Waals surface area contributed by atoms with Crippen molar-refractivity contribution in [1.29, 1.82) is 0 Å². The molecule has 0 saturated heterocycles. The third kappa shape index (κ3) is 3.54. The molecule has 5 nitrogen and oxygen atoms in total. The first-order valence-corrected chi connectivity index (χ1v) is 7.04. The van der Waals surface area contributed by atoms with Crippen molar-refractivity contribution in [2.75, 3.05) is 19.5 Å². The number of anilines is 1. The Bertz CT molecular complexity index is 612. The number of hydrogen-bond acceptors (Lipinski definition) is 5. The smallest absolute Gasteiger partial charge is 0.225 e. The van der Waals surface area contributed by atoms with Crippen LogP contribution in [0.3, 0.4) is 0 Å². The fraction of sp³-hybridized carbons (Fsp3) is 0.231. The van der Waals surface area contributed by atoms with Gasteiger partial charge in [-0.3, -0.25) is 0 Å². The number of ether oxygens (including phenoxy) is 2. The largest absolute Gasteiger partial charge is 0.481 e. The van der Waals surface area contributed by atoms with Crippen LogP contribution in [-0.4, -0.2) is 24.2 Å². The molecule has 1 heterocycles. The van der Waals surface area contributed by atoms with Gasteiger partial charge >= 0.3 is 0 Å². The molecule has 0 saturated carbocycles. The number of rotatable bonds is 5. The average molecular weight is 377 g/mol. The fourth-order valence-electron chi connectivity index (χ4n) is 1.77. The Hall–Kier alpha value is -1.60. The highest BCUT2D eigenvalue weighted by atomic mass is 79.9. The van der Waals surface area contributed by atoms with Crippen LogP contribution in [0.5, 0.6) is 11.8 Å². The standard InChI is InChI=1S/C13H12BrClFN3O2/c1-20-12-8(13(21-2)19-6-18-12)5-17-11-9(14)3-7(16)4-10(11)15/h3-4,6,17H,5H2,1-2H3. The quantitative estimate of drug-likeness (QED) is 0.863. The maximum Gasteiger partial charge on any atom is 0.225 e. The first-order valence-electron chi connectivity index (χ1n) is 5.87. The molecule has 0 atom stereocenters. The molecule has 1 aromatic heterocycles. The van der Waals surface area contributed by atoms with Crippen LogP contribution in [0.1, 0.15) is 5.56 Å². The Labute approximate surface area is 134 Å². The summed E-state index contributed by atoms with van der Waals surface area (Å²) in [5.74, 6) is 0.364. The predicted octanol–water partition coefficient (Wildman–Crippen LogP) is 3.66. The van der Waals surface area contributed by atoms with Crippen molar-refractivity contribution in [3.05, 3.63) is 39.3 Å². The zero-order valence-corrected chi connectivity index (χ0v) is 13.6. The molecule has 0 aliphatic rings. The summed E-state index contributed by atoms with van der Waals surface area (Å²) < 4.78 is 24.1. The third-order valence-corrected chi connectivity index (χ3v) is 3.63. The second kappa shape index (κ2) is 6.91. The van der Waals surface area contributed by atoms with Crippen molar-refractivity contribution in [1.82, 2.24) is 9.97 Å². The highest BCUT2D eigenvalue weighted by Gasteiger charge is 2.14. The average Bonchev–Trinajstić information content (AvgIpc) is 2.45. The van der Waals surface area contributed by atoms with Crippen LogP contribution in [0.15, 0.2) is 22.9 Å². The monoisotopic (exact) mass is 375 g/mol. The van der Waals surface area contributed by atoms with Gasteiger partial charge in [-0.15, -0.1) is 0 Å². The Kier molecular flexibility index (Phi) is 5.19. The van der Waals surface area contributed by atoms with Gasteiger partial charge in [0, 0.05) is 4.47 Å². The van der Waals surface area contributed by atoms with E-state index in [2.05, 4.69) is 31.2 Å². The molecule has 112 valence electrons. The molecule has 0 spiro atoms. The number of nitrogens with zero attached hydrogens (tertiary/aromatic N) is 2. The summed E-state index contributed by atoms with van der Waals surface area (Å²) >= 11 is 9.28. The first kappa shape index (κ1) is 15.8. The maximum absolute atomic E-state index is 13.2. The van der Waals surface area contributed by atoms with Crippen LogP contribution in [0, 0.1) is 5.82 Å². The Morgan fingerprint density at radius 1 is 1.24 bits per heavy atom. The van der Waals surface area contributed by atoms with Gasteiger partial charge in [-0.25, -0.2) is 14.4 Å². The van der Waals surface area contributed by atoms with Gasteiger partial charge in [0.25, 0.3) is 0 Å². The molecule has 0 aliphatic heterocycles. The van der Waals surface area contributed by atoms with Crippen molar-refractivity contribution in [2.45, 2.75) is 6.54 Å². The van der Waals surface area contributed by atoms with E-state index in [-0.39, 0.29) is 5.02 Å². The van der Waals surface area contributed by atoms with E-state index in [1.807, 2.05) is 0 Å². The van der Waals surface area contributed by atoms with Gasteiger partial charge in [0.05, 0.1) is 37.0 Å². The summed E-state index contributed by atoms with van der Waals surface area (Å²) in [4.78, 5) is 8.04. The highest BCUT2D eigenvalue weighted by Crippen LogP contribution is 2.33. The molecule has 0 unspecified atom stereocenters. The molecular weight excluding hydrogens is 365 g/mol. The normalized spacial score (nSPS) is 10.3. The molecule has 0 radical (unpaired) electrons. The lowest BCUT2D eigenvalue weighted by Crippen LogP contribution is -2.07. The lowest BCUT2D eigenvalue weighted by atomic mass is 10.2.